The summed E-state index contributed by atoms with van der Waals surface area (Å²) in [6.45, 7) is 2.79. The van der Waals surface area contributed by atoms with Crippen LogP contribution in [-0.4, -0.2) is 30.9 Å². The van der Waals surface area contributed by atoms with Gasteiger partial charge in [0.05, 0.1) is 19.3 Å². The number of esters is 1. The lowest BCUT2D eigenvalue weighted by Crippen LogP contribution is -2.12. The molecule has 0 bridgehead atoms. The Morgan fingerprint density at radius 3 is 2.83 bits per heavy atom. The molecular weight excluding hydrogens is 318 g/mol. The number of hydrogen-bond donors (Lipinski definition) is 1. The van der Waals surface area contributed by atoms with Gasteiger partial charge in [0.15, 0.2) is 11.7 Å². The number of hydrogen-bond acceptors (Lipinski definition) is 6. The average molecular weight is 338 g/mol. The Labute approximate surface area is 140 Å². The van der Waals surface area contributed by atoms with Crippen molar-refractivity contribution < 1.29 is 14.3 Å². The summed E-state index contributed by atoms with van der Waals surface area (Å²) < 4.78 is 10.1. The third-order valence-corrected chi connectivity index (χ3v) is 4.23. The Morgan fingerprint density at radius 2 is 2.26 bits per heavy atom. The van der Waals surface area contributed by atoms with Crippen LogP contribution in [0.2, 0.25) is 5.15 Å². The third-order valence-electron chi connectivity index (χ3n) is 3.94. The predicted octanol–water partition coefficient (Wildman–Crippen LogP) is 3.23. The van der Waals surface area contributed by atoms with Gasteiger partial charge < -0.3 is 15.2 Å². The summed E-state index contributed by atoms with van der Waals surface area (Å²) in [6, 6.07) is 3.07. The third kappa shape index (κ3) is 4.69. The number of rotatable bonds is 7. The minimum Gasteiger partial charge on any atom is -0.479 e. The zero-order valence-electron chi connectivity index (χ0n) is 13.2. The Kier molecular flexibility index (Phi) is 5.60. The zero-order valence-corrected chi connectivity index (χ0v) is 14.0. The maximum absolute atomic E-state index is 11.4. The summed E-state index contributed by atoms with van der Waals surface area (Å²) in [7, 11) is 1.28. The number of nitrogens with two attached hydrogens (primary N) is 1. The Balaban J connectivity index is 1.93. The minimum atomic E-state index is -0.541. The predicted molar refractivity (Wildman–Crippen MR) is 88.9 cm³/mol. The van der Waals surface area contributed by atoms with Crippen LogP contribution in [0.1, 0.15) is 36.5 Å². The van der Waals surface area contributed by atoms with E-state index in [2.05, 4.69) is 21.6 Å². The van der Waals surface area contributed by atoms with Crippen LogP contribution < -0.4 is 5.73 Å². The number of aliphatic imine (C=N–C) groups is 1. The molecule has 0 atom stereocenters. The lowest BCUT2D eigenvalue weighted by molar-refractivity contribution is 0.0600. The van der Waals surface area contributed by atoms with E-state index in [0.29, 0.717) is 23.7 Å². The van der Waals surface area contributed by atoms with Gasteiger partial charge in [0.1, 0.15) is 5.15 Å². The molecule has 0 radical (unpaired) electrons. The van der Waals surface area contributed by atoms with E-state index in [4.69, 9.17) is 22.1 Å². The highest BCUT2D eigenvalue weighted by molar-refractivity contribution is 6.32. The van der Waals surface area contributed by atoms with Crippen LogP contribution in [0.3, 0.4) is 0 Å². The maximum atomic E-state index is 11.4. The van der Waals surface area contributed by atoms with E-state index in [-0.39, 0.29) is 10.7 Å². The number of pyridine rings is 1. The number of aromatic nitrogens is 1. The average Bonchev–Trinajstić information content (AvgIpc) is 3.33. The van der Waals surface area contributed by atoms with Crippen LogP contribution in [0.5, 0.6) is 0 Å². The van der Waals surface area contributed by atoms with E-state index < -0.39 is 5.97 Å². The lowest BCUT2D eigenvalue weighted by atomic mass is 10.1. The van der Waals surface area contributed by atoms with Gasteiger partial charge in [-0.3, -0.25) is 0 Å². The van der Waals surface area contributed by atoms with E-state index in [0.717, 1.165) is 6.42 Å². The molecular formula is C16H20ClN3O3. The zero-order chi connectivity index (χ0) is 16.9. The van der Waals surface area contributed by atoms with Crippen LogP contribution in [0, 0.1) is 5.41 Å². The molecule has 0 amide bonds. The highest BCUT2D eigenvalue weighted by Gasteiger charge is 2.41. The lowest BCUT2D eigenvalue weighted by Gasteiger charge is -2.13. The van der Waals surface area contributed by atoms with Gasteiger partial charge >= 0.3 is 5.97 Å². The van der Waals surface area contributed by atoms with Crippen LogP contribution in [0.25, 0.3) is 0 Å². The molecule has 2 N–H and O–H groups in total. The molecule has 124 valence electrons. The van der Waals surface area contributed by atoms with Crippen molar-refractivity contribution in [3.63, 3.8) is 0 Å². The van der Waals surface area contributed by atoms with Gasteiger partial charge in [0, 0.05) is 17.7 Å². The van der Waals surface area contributed by atoms with Crippen molar-refractivity contribution in [3.05, 3.63) is 34.8 Å². The molecule has 7 heteroatoms. The molecule has 1 saturated carbocycles. The molecule has 0 spiro atoms. The summed E-state index contributed by atoms with van der Waals surface area (Å²) in [5, 5.41) is 0.0401. The number of ether oxygens (including phenoxy) is 2. The van der Waals surface area contributed by atoms with E-state index >= 15 is 0 Å². The monoisotopic (exact) mass is 337 g/mol. The largest absolute Gasteiger partial charge is 0.479 e. The Hall–Kier alpha value is -2.08. The maximum Gasteiger partial charge on any atom is 0.341 e. The number of carbonyl (C=O) groups is 1. The van der Waals surface area contributed by atoms with Gasteiger partial charge in [0.25, 0.3) is 0 Å². The molecule has 1 heterocycles. The number of carbonyl (C=O) groups excluding carboxylic acids is 1. The smallest absolute Gasteiger partial charge is 0.341 e. The van der Waals surface area contributed by atoms with Gasteiger partial charge in [-0.25, -0.2) is 14.8 Å². The van der Waals surface area contributed by atoms with E-state index in [9.17, 15) is 4.79 Å². The molecule has 0 unspecified atom stereocenters. The van der Waals surface area contributed by atoms with Crippen molar-refractivity contribution in [2.75, 3.05) is 13.7 Å². The first-order valence-electron chi connectivity index (χ1n) is 7.37. The second kappa shape index (κ2) is 7.46. The SMILES string of the molecule is CCC1(COC(N)=CC=Nc2ccc(C(=O)OC)c(Cl)n2)CC1. The van der Waals surface area contributed by atoms with Gasteiger partial charge in [-0.2, -0.15) is 0 Å². The quantitative estimate of drug-likeness (QED) is 0.357. The van der Waals surface area contributed by atoms with Crippen LogP contribution in [0.15, 0.2) is 29.1 Å². The van der Waals surface area contributed by atoms with E-state index in [1.807, 2.05) is 0 Å². The van der Waals surface area contributed by atoms with Crippen LogP contribution in [0.4, 0.5) is 5.82 Å². The summed E-state index contributed by atoms with van der Waals surface area (Å²) in [5.74, 6) is 0.130. The molecule has 0 aliphatic heterocycles. The molecule has 0 aromatic carbocycles. The van der Waals surface area contributed by atoms with E-state index in [1.54, 1.807) is 12.1 Å². The van der Waals surface area contributed by atoms with Gasteiger partial charge in [-0.1, -0.05) is 18.5 Å². The molecule has 0 saturated heterocycles. The number of halogens is 1. The Morgan fingerprint density at radius 1 is 1.52 bits per heavy atom. The molecule has 6 nitrogen and oxygen atoms in total. The molecule has 1 aromatic heterocycles. The van der Waals surface area contributed by atoms with Gasteiger partial charge in [-0.05, 0) is 31.4 Å². The van der Waals surface area contributed by atoms with Crippen molar-refractivity contribution in [1.82, 2.24) is 4.98 Å². The first kappa shape index (κ1) is 17.3. The topological polar surface area (TPSA) is 86.8 Å². The van der Waals surface area contributed by atoms with Crippen molar-refractivity contribution in [3.8, 4) is 0 Å². The summed E-state index contributed by atoms with van der Waals surface area (Å²) in [6.07, 6.45) is 6.54. The minimum absolute atomic E-state index is 0.0401. The fraction of sp³-hybridized carbons (Fsp3) is 0.438. The van der Waals surface area contributed by atoms with Crippen molar-refractivity contribution in [2.24, 2.45) is 16.1 Å². The summed E-state index contributed by atoms with van der Waals surface area (Å²) >= 11 is 5.92. The summed E-state index contributed by atoms with van der Waals surface area (Å²) in [4.78, 5) is 19.5. The molecule has 1 aliphatic rings. The summed E-state index contributed by atoms with van der Waals surface area (Å²) in [5.41, 5.74) is 6.29. The number of methoxy groups -OCH3 is 1. The fourth-order valence-corrected chi connectivity index (χ4v) is 2.23. The van der Waals surface area contributed by atoms with E-state index in [1.165, 1.54) is 32.2 Å². The highest BCUT2D eigenvalue weighted by atomic mass is 35.5. The van der Waals surface area contributed by atoms with Crippen LogP contribution in [-0.2, 0) is 9.47 Å². The fourth-order valence-electron chi connectivity index (χ4n) is 2.01. The van der Waals surface area contributed by atoms with Crippen molar-refractivity contribution >= 4 is 29.6 Å². The molecule has 1 aromatic rings. The number of allylic oxidation sites excluding steroid dienone is 1. The van der Waals surface area contributed by atoms with Gasteiger partial charge in [0.2, 0.25) is 0 Å². The van der Waals surface area contributed by atoms with Gasteiger partial charge in [-0.15, -0.1) is 0 Å². The molecule has 1 aliphatic carbocycles. The molecule has 1 fully saturated rings. The van der Waals surface area contributed by atoms with Crippen LogP contribution >= 0.6 is 11.6 Å². The van der Waals surface area contributed by atoms with Crippen molar-refractivity contribution in [1.29, 1.82) is 0 Å². The highest BCUT2D eigenvalue weighted by Crippen LogP contribution is 2.48. The molecule has 23 heavy (non-hydrogen) atoms. The second-order valence-electron chi connectivity index (χ2n) is 5.49. The number of nitrogens with zero attached hydrogens (tertiary/aromatic N) is 2. The molecule has 2 rings (SSSR count). The first-order valence-corrected chi connectivity index (χ1v) is 7.75. The second-order valence-corrected chi connectivity index (χ2v) is 5.85. The Bertz CT molecular complexity index is 639. The first-order chi connectivity index (χ1) is 11.0. The normalized spacial score (nSPS) is 16.4. The standard InChI is InChI=1S/C16H20ClN3O3/c1-3-16(7-8-16)10-23-12(18)6-9-19-13-5-4-11(14(17)20-13)15(21)22-2/h4-6,9H,3,7-8,10,18H2,1-2H3. The van der Waals surface area contributed by atoms with Crippen molar-refractivity contribution in [2.45, 2.75) is 26.2 Å².